The van der Waals surface area contributed by atoms with E-state index in [2.05, 4.69) is 10.2 Å². The smallest absolute Gasteiger partial charge is 0.340 e. The van der Waals surface area contributed by atoms with Crippen LogP contribution in [0.5, 0.6) is 0 Å². The molecule has 0 spiro atoms. The number of benzene rings is 1. The van der Waals surface area contributed by atoms with Crippen molar-refractivity contribution in [2.75, 3.05) is 0 Å². The van der Waals surface area contributed by atoms with Gasteiger partial charge in [0, 0.05) is 17.3 Å². The van der Waals surface area contributed by atoms with Gasteiger partial charge in [-0.25, -0.2) is 4.79 Å². The molecule has 0 amide bonds. The molecule has 3 heterocycles. The molecule has 4 aromatic rings. The van der Waals surface area contributed by atoms with Crippen LogP contribution in [-0.4, -0.2) is 20.7 Å². The summed E-state index contributed by atoms with van der Waals surface area (Å²) in [6.07, 6.45) is 0.702. The fraction of sp³-hybridized carbons (Fsp3) is 0.143. The highest BCUT2D eigenvalue weighted by Gasteiger charge is 2.21. The topological polar surface area (TPSA) is 87.2 Å². The van der Waals surface area contributed by atoms with Gasteiger partial charge in [-0.2, -0.15) is 0 Å². The molecule has 3 aromatic heterocycles. The fourth-order valence-corrected chi connectivity index (χ4v) is 3.60. The van der Waals surface area contributed by atoms with Crippen LogP contribution in [0.15, 0.2) is 69.3 Å². The molecule has 4 rings (SSSR count). The maximum Gasteiger partial charge on any atom is 0.340 e. The van der Waals surface area contributed by atoms with E-state index in [9.17, 15) is 9.59 Å². The Hall–Kier alpha value is -3.23. The molecule has 30 heavy (non-hydrogen) atoms. The van der Waals surface area contributed by atoms with Crippen LogP contribution >= 0.6 is 22.9 Å². The highest BCUT2D eigenvalue weighted by molar-refractivity contribution is 7.13. The number of halogens is 1. The summed E-state index contributed by atoms with van der Waals surface area (Å²) in [5.74, 6) is -0.0430. The van der Waals surface area contributed by atoms with Gasteiger partial charge in [0.05, 0.1) is 17.0 Å². The number of aromatic nitrogens is 3. The number of pyridine rings is 1. The van der Waals surface area contributed by atoms with Crippen molar-refractivity contribution in [3.63, 3.8) is 0 Å². The average Bonchev–Trinajstić information content (AvgIpc) is 3.43. The molecular weight excluding hydrogens is 426 g/mol. The summed E-state index contributed by atoms with van der Waals surface area (Å²) in [6, 6.07) is 13.7. The highest BCUT2D eigenvalue weighted by Crippen LogP contribution is 2.26. The van der Waals surface area contributed by atoms with E-state index in [0.717, 1.165) is 10.4 Å². The summed E-state index contributed by atoms with van der Waals surface area (Å²) in [5.41, 5.74) is 0.746. The molecule has 7 nitrogen and oxygen atoms in total. The standard InChI is InChI=1S/C21H16ClN3O4S/c1-13(19-23-24-20(29-19)17-7-4-10-30-17)28-21(27)15-8-9-18(26)25(12-15)11-14-5-2-3-6-16(14)22/h2-10,12-13H,11H2,1H3. The van der Waals surface area contributed by atoms with Gasteiger partial charge in [-0.05, 0) is 36.1 Å². The molecule has 0 saturated carbocycles. The first kappa shape index (κ1) is 20.1. The van der Waals surface area contributed by atoms with E-state index >= 15 is 0 Å². The molecule has 0 aliphatic carbocycles. The van der Waals surface area contributed by atoms with Gasteiger partial charge in [-0.15, -0.1) is 21.5 Å². The molecular formula is C21H16ClN3O4S. The minimum absolute atomic E-state index is 0.191. The van der Waals surface area contributed by atoms with Crippen molar-refractivity contribution >= 4 is 28.9 Å². The number of rotatable bonds is 6. The number of ether oxygens (including phenoxy) is 1. The number of carbonyl (C=O) groups is 1. The maximum absolute atomic E-state index is 12.6. The Labute approximate surface area is 180 Å². The van der Waals surface area contributed by atoms with Crippen LogP contribution in [0.1, 0.15) is 34.8 Å². The predicted octanol–water partition coefficient (Wildman–Crippen LogP) is 4.58. The lowest BCUT2D eigenvalue weighted by molar-refractivity contribution is 0.0279. The fourth-order valence-electron chi connectivity index (χ4n) is 2.76. The lowest BCUT2D eigenvalue weighted by atomic mass is 10.2. The molecule has 0 bridgehead atoms. The molecule has 0 fully saturated rings. The SMILES string of the molecule is CC(OC(=O)c1ccc(=O)n(Cc2ccccc2Cl)c1)c1nnc(-c2cccs2)o1. The van der Waals surface area contributed by atoms with Crippen molar-refractivity contribution < 1.29 is 13.9 Å². The summed E-state index contributed by atoms with van der Waals surface area (Å²) in [6.45, 7) is 1.88. The monoisotopic (exact) mass is 441 g/mol. The van der Waals surface area contributed by atoms with E-state index in [1.165, 1.54) is 34.2 Å². The van der Waals surface area contributed by atoms with Gasteiger partial charge in [0.25, 0.3) is 17.3 Å². The van der Waals surface area contributed by atoms with Gasteiger partial charge in [-0.3, -0.25) is 4.79 Å². The van der Waals surface area contributed by atoms with Crippen molar-refractivity contribution in [2.24, 2.45) is 0 Å². The molecule has 152 valence electrons. The Morgan fingerprint density at radius 3 is 2.80 bits per heavy atom. The second-order valence-electron chi connectivity index (χ2n) is 6.45. The largest absolute Gasteiger partial charge is 0.449 e. The Morgan fingerprint density at radius 2 is 2.03 bits per heavy atom. The van der Waals surface area contributed by atoms with Crippen molar-refractivity contribution in [1.29, 1.82) is 0 Å². The van der Waals surface area contributed by atoms with Gasteiger partial charge in [0.15, 0.2) is 6.10 Å². The van der Waals surface area contributed by atoms with E-state index in [-0.39, 0.29) is 23.6 Å². The number of carbonyl (C=O) groups excluding carboxylic acids is 1. The van der Waals surface area contributed by atoms with E-state index in [1.807, 2.05) is 35.7 Å². The number of hydrogen-bond acceptors (Lipinski definition) is 7. The molecule has 1 unspecified atom stereocenters. The van der Waals surface area contributed by atoms with Gasteiger partial charge in [0.1, 0.15) is 0 Å². The molecule has 0 N–H and O–H groups in total. The van der Waals surface area contributed by atoms with Crippen LogP contribution in [0.25, 0.3) is 10.8 Å². The first-order valence-corrected chi connectivity index (χ1v) is 10.3. The zero-order valence-corrected chi connectivity index (χ0v) is 17.4. The second kappa shape index (κ2) is 8.64. The van der Waals surface area contributed by atoms with Crippen molar-refractivity contribution in [2.45, 2.75) is 19.6 Å². The molecule has 0 aliphatic rings. The van der Waals surface area contributed by atoms with Crippen LogP contribution in [-0.2, 0) is 11.3 Å². The summed E-state index contributed by atoms with van der Waals surface area (Å²) in [5, 5.41) is 10.4. The van der Waals surface area contributed by atoms with Gasteiger partial charge >= 0.3 is 5.97 Å². The van der Waals surface area contributed by atoms with Crippen LogP contribution in [0.2, 0.25) is 5.02 Å². The van der Waals surface area contributed by atoms with Gasteiger partial charge in [0.2, 0.25) is 0 Å². The molecule has 0 saturated heterocycles. The zero-order valence-electron chi connectivity index (χ0n) is 15.8. The minimum Gasteiger partial charge on any atom is -0.449 e. The van der Waals surface area contributed by atoms with E-state index in [1.54, 1.807) is 13.0 Å². The summed E-state index contributed by atoms with van der Waals surface area (Å²) in [4.78, 5) is 25.6. The van der Waals surface area contributed by atoms with Crippen LogP contribution in [0, 0.1) is 0 Å². The van der Waals surface area contributed by atoms with Crippen molar-refractivity contribution in [1.82, 2.24) is 14.8 Å². The van der Waals surface area contributed by atoms with Crippen LogP contribution in [0.3, 0.4) is 0 Å². The molecule has 0 aliphatic heterocycles. The number of esters is 1. The average molecular weight is 442 g/mol. The summed E-state index contributed by atoms with van der Waals surface area (Å²) in [7, 11) is 0. The molecule has 9 heteroatoms. The number of hydrogen-bond donors (Lipinski definition) is 0. The Morgan fingerprint density at radius 1 is 1.20 bits per heavy atom. The highest BCUT2D eigenvalue weighted by atomic mass is 35.5. The first-order chi connectivity index (χ1) is 14.5. The number of thiophene rings is 1. The van der Waals surface area contributed by atoms with Gasteiger partial charge < -0.3 is 13.7 Å². The predicted molar refractivity (Wildman–Crippen MR) is 113 cm³/mol. The van der Waals surface area contributed by atoms with Crippen LogP contribution in [0.4, 0.5) is 0 Å². The Kier molecular flexibility index (Phi) is 5.78. The molecule has 1 aromatic carbocycles. The second-order valence-corrected chi connectivity index (χ2v) is 7.80. The lowest BCUT2D eigenvalue weighted by Gasteiger charge is -2.12. The number of nitrogens with zero attached hydrogens (tertiary/aromatic N) is 3. The Balaban J connectivity index is 1.49. The summed E-state index contributed by atoms with van der Waals surface area (Å²) < 4.78 is 12.5. The maximum atomic E-state index is 12.6. The Bertz CT molecular complexity index is 1230. The third-order valence-electron chi connectivity index (χ3n) is 4.32. The quantitative estimate of drug-likeness (QED) is 0.407. The third-order valence-corrected chi connectivity index (χ3v) is 5.55. The van der Waals surface area contributed by atoms with E-state index in [4.69, 9.17) is 20.8 Å². The zero-order chi connectivity index (χ0) is 21.1. The lowest BCUT2D eigenvalue weighted by Crippen LogP contribution is -2.21. The first-order valence-electron chi connectivity index (χ1n) is 9.03. The van der Waals surface area contributed by atoms with Crippen molar-refractivity contribution in [3.05, 3.63) is 92.5 Å². The van der Waals surface area contributed by atoms with E-state index < -0.39 is 12.1 Å². The van der Waals surface area contributed by atoms with Crippen molar-refractivity contribution in [3.8, 4) is 10.8 Å². The minimum atomic E-state index is -0.748. The normalized spacial score (nSPS) is 11.9. The summed E-state index contributed by atoms with van der Waals surface area (Å²) >= 11 is 7.65. The van der Waals surface area contributed by atoms with Gasteiger partial charge in [-0.1, -0.05) is 35.9 Å². The third kappa shape index (κ3) is 4.34. The van der Waals surface area contributed by atoms with Crippen LogP contribution < -0.4 is 5.56 Å². The molecule has 0 radical (unpaired) electrons. The van der Waals surface area contributed by atoms with E-state index in [0.29, 0.717) is 10.9 Å². The molecule has 1 atom stereocenters.